The Hall–Kier alpha value is -2.54. The molecule has 1 heterocycles. The van der Waals surface area contributed by atoms with E-state index in [-0.39, 0.29) is 11.3 Å². The van der Waals surface area contributed by atoms with Crippen molar-refractivity contribution in [2.75, 3.05) is 5.73 Å². The lowest BCUT2D eigenvalue weighted by atomic mass is 10.2. The van der Waals surface area contributed by atoms with Gasteiger partial charge in [0.05, 0.1) is 5.69 Å². The van der Waals surface area contributed by atoms with E-state index in [4.69, 9.17) is 11.0 Å². The maximum Gasteiger partial charge on any atom is 0.275 e. The van der Waals surface area contributed by atoms with Crippen LogP contribution in [0.15, 0.2) is 41.3 Å². The van der Waals surface area contributed by atoms with Crippen molar-refractivity contribution >= 4 is 5.69 Å². The second kappa shape index (κ2) is 4.14. The molecule has 4 heteroatoms. The SMILES string of the molecule is Cc1ccc(-n2ccc(N)c(C#N)c2=O)cc1. The quantitative estimate of drug-likeness (QED) is 0.801. The Balaban J connectivity index is 2.66. The van der Waals surface area contributed by atoms with E-state index in [0.29, 0.717) is 0 Å². The predicted octanol–water partition coefficient (Wildman–Crippen LogP) is 1.60. The topological polar surface area (TPSA) is 71.8 Å². The molecule has 0 atom stereocenters. The standard InChI is InChI=1S/C13H11N3O/c1-9-2-4-10(5-3-9)16-7-6-12(15)11(8-14)13(16)17/h2-7H,15H2,1H3. The zero-order valence-electron chi connectivity index (χ0n) is 9.34. The molecule has 0 radical (unpaired) electrons. The van der Waals surface area contributed by atoms with E-state index < -0.39 is 5.56 Å². The summed E-state index contributed by atoms with van der Waals surface area (Å²) in [6.07, 6.45) is 1.57. The molecule has 0 spiro atoms. The van der Waals surface area contributed by atoms with E-state index >= 15 is 0 Å². The highest BCUT2D eigenvalue weighted by Crippen LogP contribution is 2.10. The van der Waals surface area contributed by atoms with Gasteiger partial charge in [-0.2, -0.15) is 5.26 Å². The zero-order chi connectivity index (χ0) is 12.4. The highest BCUT2D eigenvalue weighted by atomic mass is 16.1. The summed E-state index contributed by atoms with van der Waals surface area (Å²) in [7, 11) is 0. The molecule has 0 amide bonds. The number of rotatable bonds is 1. The highest BCUT2D eigenvalue weighted by molar-refractivity contribution is 5.53. The lowest BCUT2D eigenvalue weighted by Crippen LogP contribution is -2.21. The van der Waals surface area contributed by atoms with Crippen LogP contribution < -0.4 is 11.3 Å². The van der Waals surface area contributed by atoms with Gasteiger partial charge >= 0.3 is 0 Å². The average Bonchev–Trinajstić information content (AvgIpc) is 2.31. The molecule has 17 heavy (non-hydrogen) atoms. The van der Waals surface area contributed by atoms with Crippen LogP contribution in [0.5, 0.6) is 0 Å². The van der Waals surface area contributed by atoms with Crippen LogP contribution in [0.25, 0.3) is 5.69 Å². The minimum Gasteiger partial charge on any atom is -0.397 e. The molecule has 0 aliphatic rings. The summed E-state index contributed by atoms with van der Waals surface area (Å²) >= 11 is 0. The van der Waals surface area contributed by atoms with Crippen LogP contribution in [0.4, 0.5) is 5.69 Å². The summed E-state index contributed by atoms with van der Waals surface area (Å²) in [6.45, 7) is 1.97. The Morgan fingerprint density at radius 3 is 2.47 bits per heavy atom. The summed E-state index contributed by atoms with van der Waals surface area (Å²) < 4.78 is 1.41. The van der Waals surface area contributed by atoms with Crippen molar-refractivity contribution in [1.82, 2.24) is 4.57 Å². The number of nitrogens with two attached hydrogens (primary N) is 1. The van der Waals surface area contributed by atoms with Crippen LogP contribution >= 0.6 is 0 Å². The van der Waals surface area contributed by atoms with Crippen LogP contribution in [-0.2, 0) is 0 Å². The van der Waals surface area contributed by atoms with Crippen molar-refractivity contribution in [2.24, 2.45) is 0 Å². The number of nitriles is 1. The van der Waals surface area contributed by atoms with Crippen molar-refractivity contribution in [3.63, 3.8) is 0 Å². The Bertz CT molecular complexity index is 648. The highest BCUT2D eigenvalue weighted by Gasteiger charge is 2.07. The molecule has 0 saturated heterocycles. The monoisotopic (exact) mass is 225 g/mol. The minimum absolute atomic E-state index is 0.0203. The summed E-state index contributed by atoms with van der Waals surface area (Å²) in [5.41, 5.74) is 7.19. The average molecular weight is 225 g/mol. The van der Waals surface area contributed by atoms with Crippen molar-refractivity contribution in [1.29, 1.82) is 5.26 Å². The van der Waals surface area contributed by atoms with Crippen LogP contribution in [0, 0.1) is 18.3 Å². The smallest absolute Gasteiger partial charge is 0.275 e. The van der Waals surface area contributed by atoms with Gasteiger partial charge in [-0.05, 0) is 25.1 Å². The molecule has 4 nitrogen and oxygen atoms in total. The first-order chi connectivity index (χ1) is 8.13. The fourth-order valence-corrected chi connectivity index (χ4v) is 1.57. The molecule has 1 aromatic carbocycles. The van der Waals surface area contributed by atoms with E-state index in [9.17, 15) is 4.79 Å². The molecule has 2 N–H and O–H groups in total. The Kier molecular flexibility index (Phi) is 2.67. The number of nitrogen functional groups attached to an aromatic ring is 1. The van der Waals surface area contributed by atoms with Crippen molar-refractivity contribution in [3.8, 4) is 11.8 Å². The number of aryl methyl sites for hydroxylation is 1. The Morgan fingerprint density at radius 2 is 1.88 bits per heavy atom. The van der Waals surface area contributed by atoms with Gasteiger partial charge in [-0.3, -0.25) is 9.36 Å². The first-order valence-corrected chi connectivity index (χ1v) is 5.12. The molecule has 1 aromatic heterocycles. The number of hydrogen-bond donors (Lipinski definition) is 1. The Morgan fingerprint density at radius 1 is 1.24 bits per heavy atom. The second-order valence-electron chi connectivity index (χ2n) is 3.77. The summed E-state index contributed by atoms with van der Waals surface area (Å²) in [5, 5.41) is 8.87. The largest absolute Gasteiger partial charge is 0.397 e. The first-order valence-electron chi connectivity index (χ1n) is 5.12. The van der Waals surface area contributed by atoms with Gasteiger partial charge < -0.3 is 5.73 Å². The van der Waals surface area contributed by atoms with E-state index in [1.165, 1.54) is 4.57 Å². The van der Waals surface area contributed by atoms with Crippen LogP contribution in [0.3, 0.4) is 0 Å². The van der Waals surface area contributed by atoms with Crippen LogP contribution in [0.1, 0.15) is 11.1 Å². The minimum atomic E-state index is -0.392. The maximum atomic E-state index is 12.0. The molecule has 84 valence electrons. The number of hydrogen-bond acceptors (Lipinski definition) is 3. The van der Waals surface area contributed by atoms with Gasteiger partial charge in [0.15, 0.2) is 0 Å². The molecule has 0 fully saturated rings. The van der Waals surface area contributed by atoms with Gasteiger partial charge in [-0.15, -0.1) is 0 Å². The van der Waals surface area contributed by atoms with Crippen LogP contribution in [-0.4, -0.2) is 4.57 Å². The molecule has 0 aliphatic carbocycles. The second-order valence-corrected chi connectivity index (χ2v) is 3.77. The number of aromatic nitrogens is 1. The molecule has 0 unspecified atom stereocenters. The summed E-state index contributed by atoms with van der Waals surface area (Å²) in [6, 6.07) is 10.9. The Labute approximate surface area is 98.5 Å². The van der Waals surface area contributed by atoms with Gasteiger partial charge in [0.2, 0.25) is 0 Å². The van der Waals surface area contributed by atoms with Crippen molar-refractivity contribution < 1.29 is 0 Å². The molecular formula is C13H11N3O. The van der Waals surface area contributed by atoms with Crippen molar-refractivity contribution in [2.45, 2.75) is 6.92 Å². The van der Waals surface area contributed by atoms with Crippen LogP contribution in [0.2, 0.25) is 0 Å². The maximum absolute atomic E-state index is 12.0. The van der Waals surface area contributed by atoms with Gasteiger partial charge in [-0.25, -0.2) is 0 Å². The van der Waals surface area contributed by atoms with E-state index in [2.05, 4.69) is 0 Å². The first kappa shape index (κ1) is 11.0. The van der Waals surface area contributed by atoms with E-state index in [1.54, 1.807) is 12.3 Å². The van der Waals surface area contributed by atoms with E-state index in [0.717, 1.165) is 11.3 Å². The third-order valence-corrected chi connectivity index (χ3v) is 2.55. The molecular weight excluding hydrogens is 214 g/mol. The molecule has 0 aliphatic heterocycles. The summed E-state index contributed by atoms with van der Waals surface area (Å²) in [5.74, 6) is 0. The zero-order valence-corrected chi connectivity index (χ0v) is 9.34. The fourth-order valence-electron chi connectivity index (χ4n) is 1.57. The van der Waals surface area contributed by atoms with Crippen molar-refractivity contribution in [3.05, 3.63) is 58.0 Å². The lowest BCUT2D eigenvalue weighted by Gasteiger charge is -2.07. The number of nitrogens with zero attached hydrogens (tertiary/aromatic N) is 2. The van der Waals surface area contributed by atoms with Gasteiger partial charge in [-0.1, -0.05) is 17.7 Å². The number of anilines is 1. The normalized spacial score (nSPS) is 9.88. The van der Waals surface area contributed by atoms with Gasteiger partial charge in [0, 0.05) is 11.9 Å². The van der Waals surface area contributed by atoms with E-state index in [1.807, 2.05) is 37.3 Å². The molecule has 2 rings (SSSR count). The lowest BCUT2D eigenvalue weighted by molar-refractivity contribution is 0.983. The van der Waals surface area contributed by atoms with Gasteiger partial charge in [0.1, 0.15) is 11.6 Å². The molecule has 2 aromatic rings. The predicted molar refractivity (Wildman–Crippen MR) is 65.9 cm³/mol. The van der Waals surface area contributed by atoms with Gasteiger partial charge in [0.25, 0.3) is 5.56 Å². The fraction of sp³-hybridized carbons (Fsp3) is 0.0769. The molecule has 0 bridgehead atoms. The number of pyridine rings is 1. The third-order valence-electron chi connectivity index (χ3n) is 2.55. The summed E-state index contributed by atoms with van der Waals surface area (Å²) in [4.78, 5) is 12.0. The molecule has 0 saturated carbocycles. The number of benzene rings is 1. The third kappa shape index (κ3) is 1.91.